The van der Waals surface area contributed by atoms with Crippen molar-refractivity contribution >= 4 is 16.0 Å². The second kappa shape index (κ2) is 5.83. The minimum absolute atomic E-state index is 0.500. The minimum Gasteiger partial charge on any atom is -0.497 e. The Kier molecular flexibility index (Phi) is 4.69. The second-order valence-corrected chi connectivity index (χ2v) is 5.52. The molecule has 18 heavy (non-hydrogen) atoms. The molecule has 0 aliphatic rings. The maximum Gasteiger partial charge on any atom is 0.320 e. The van der Waals surface area contributed by atoms with Gasteiger partial charge in [0.15, 0.2) is 5.75 Å². The number of sulfonamides is 1. The Bertz CT molecular complexity index is 509. The first kappa shape index (κ1) is 14.5. The van der Waals surface area contributed by atoms with Crippen LogP contribution in [-0.2, 0) is 14.8 Å². The predicted octanol–water partition coefficient (Wildman–Crippen LogP) is 0.760. The van der Waals surface area contributed by atoms with Gasteiger partial charge in [0.05, 0.1) is 7.11 Å². The molecule has 2 N–H and O–H groups in total. The molecule has 1 atom stereocenters. The molecule has 0 radical (unpaired) electrons. The van der Waals surface area contributed by atoms with Crippen molar-refractivity contribution in [3.8, 4) is 5.75 Å². The highest BCUT2D eigenvalue weighted by atomic mass is 32.2. The number of carboxylic acid groups (broad SMARTS) is 1. The maximum absolute atomic E-state index is 11.4. The van der Waals surface area contributed by atoms with Gasteiger partial charge in [-0.2, -0.15) is 0 Å². The summed E-state index contributed by atoms with van der Waals surface area (Å²) in [5.41, 5.74) is 0.727. The lowest BCUT2D eigenvalue weighted by Gasteiger charge is -2.14. The fourth-order valence-electron chi connectivity index (χ4n) is 1.43. The quantitative estimate of drug-likeness (QED) is 0.798. The summed E-state index contributed by atoms with van der Waals surface area (Å²) in [6, 6.07) is 6.34. The third-order valence-electron chi connectivity index (χ3n) is 2.29. The van der Waals surface area contributed by atoms with Crippen molar-refractivity contribution in [1.82, 2.24) is 4.72 Å². The van der Waals surface area contributed by atoms with Gasteiger partial charge in [-0.05, 0) is 24.6 Å². The van der Waals surface area contributed by atoms with Gasteiger partial charge in [-0.25, -0.2) is 13.1 Å². The molecule has 0 aromatic heterocycles. The lowest BCUT2D eigenvalue weighted by Crippen LogP contribution is -2.32. The summed E-state index contributed by atoms with van der Waals surface area (Å²) >= 11 is 0. The number of benzene rings is 1. The minimum atomic E-state index is -3.82. The topological polar surface area (TPSA) is 92.7 Å². The molecular formula is C11H15NO5S. The molecule has 1 aromatic rings. The number of carbonyl (C=O) groups is 1. The largest absolute Gasteiger partial charge is 0.497 e. The third kappa shape index (κ3) is 4.34. The van der Waals surface area contributed by atoms with Gasteiger partial charge >= 0.3 is 5.97 Å². The fourth-order valence-corrected chi connectivity index (χ4v) is 2.52. The van der Waals surface area contributed by atoms with Crippen LogP contribution >= 0.6 is 0 Å². The molecule has 7 heteroatoms. The molecular weight excluding hydrogens is 258 g/mol. The summed E-state index contributed by atoms with van der Waals surface area (Å²) in [5, 5.41) is 8.47. The molecule has 0 amide bonds. The van der Waals surface area contributed by atoms with Crippen LogP contribution in [-0.4, -0.2) is 32.4 Å². The van der Waals surface area contributed by atoms with Crippen molar-refractivity contribution in [1.29, 1.82) is 0 Å². The molecule has 0 aliphatic carbocycles. The Hall–Kier alpha value is -1.60. The van der Waals surface area contributed by atoms with Gasteiger partial charge in [-0.1, -0.05) is 12.1 Å². The molecule has 1 aromatic carbocycles. The predicted molar refractivity (Wildman–Crippen MR) is 66.0 cm³/mol. The van der Waals surface area contributed by atoms with E-state index in [-0.39, 0.29) is 0 Å². The van der Waals surface area contributed by atoms with Crippen LogP contribution in [0.25, 0.3) is 0 Å². The van der Waals surface area contributed by atoms with Crippen molar-refractivity contribution in [3.05, 3.63) is 29.8 Å². The van der Waals surface area contributed by atoms with E-state index in [1.807, 2.05) is 0 Å². The van der Waals surface area contributed by atoms with Crippen LogP contribution in [0.15, 0.2) is 24.3 Å². The Morgan fingerprint density at radius 1 is 1.39 bits per heavy atom. The van der Waals surface area contributed by atoms with E-state index in [1.54, 1.807) is 31.2 Å². The van der Waals surface area contributed by atoms with Crippen molar-refractivity contribution in [2.45, 2.75) is 13.0 Å². The molecule has 0 fully saturated rings. The Labute approximate surface area is 106 Å². The summed E-state index contributed by atoms with van der Waals surface area (Å²) in [6.45, 7) is 1.64. The summed E-state index contributed by atoms with van der Waals surface area (Å²) < 4.78 is 30.1. The van der Waals surface area contributed by atoms with Crippen molar-refractivity contribution in [3.63, 3.8) is 0 Å². The number of methoxy groups -OCH3 is 1. The first-order chi connectivity index (χ1) is 8.34. The molecule has 0 spiro atoms. The highest BCUT2D eigenvalue weighted by Crippen LogP contribution is 2.17. The number of rotatable bonds is 6. The lowest BCUT2D eigenvalue weighted by atomic mass is 10.1. The van der Waals surface area contributed by atoms with E-state index < -0.39 is 27.8 Å². The second-order valence-electron chi connectivity index (χ2n) is 3.77. The van der Waals surface area contributed by atoms with Crippen LogP contribution in [0.1, 0.15) is 18.5 Å². The normalized spacial score (nSPS) is 13.0. The van der Waals surface area contributed by atoms with Gasteiger partial charge in [0.2, 0.25) is 10.0 Å². The monoisotopic (exact) mass is 273 g/mol. The van der Waals surface area contributed by atoms with Gasteiger partial charge < -0.3 is 9.84 Å². The highest BCUT2D eigenvalue weighted by Gasteiger charge is 2.19. The summed E-state index contributed by atoms with van der Waals surface area (Å²) in [7, 11) is -2.29. The third-order valence-corrected chi connectivity index (χ3v) is 3.63. The van der Waals surface area contributed by atoms with Crippen molar-refractivity contribution in [2.75, 3.05) is 12.9 Å². The van der Waals surface area contributed by atoms with Crippen molar-refractivity contribution < 1.29 is 23.1 Å². The van der Waals surface area contributed by atoms with Crippen LogP contribution in [0.4, 0.5) is 0 Å². The van der Waals surface area contributed by atoms with Gasteiger partial charge in [0, 0.05) is 6.04 Å². The molecule has 1 rings (SSSR count). The Balaban J connectivity index is 2.75. The zero-order chi connectivity index (χ0) is 13.8. The van der Waals surface area contributed by atoms with Crippen LogP contribution in [0, 0.1) is 0 Å². The fraction of sp³-hybridized carbons (Fsp3) is 0.364. The number of carboxylic acids is 1. The zero-order valence-corrected chi connectivity index (χ0v) is 10.9. The molecule has 0 aliphatic heterocycles. The van der Waals surface area contributed by atoms with Crippen LogP contribution in [0.5, 0.6) is 5.75 Å². The van der Waals surface area contributed by atoms with Gasteiger partial charge in [0.25, 0.3) is 0 Å². The van der Waals surface area contributed by atoms with Crippen molar-refractivity contribution in [2.24, 2.45) is 0 Å². The molecule has 0 bridgehead atoms. The van der Waals surface area contributed by atoms with E-state index in [9.17, 15) is 13.2 Å². The number of hydrogen-bond acceptors (Lipinski definition) is 4. The van der Waals surface area contributed by atoms with Gasteiger partial charge in [0.1, 0.15) is 5.75 Å². The molecule has 0 saturated carbocycles. The van der Waals surface area contributed by atoms with E-state index in [2.05, 4.69) is 4.72 Å². The molecule has 6 nitrogen and oxygen atoms in total. The molecule has 100 valence electrons. The standard InChI is InChI=1S/C11H15NO5S/c1-8(12-18(15,16)7-11(13)14)9-3-5-10(17-2)6-4-9/h3-6,8,12H,7H2,1-2H3,(H,13,14)/t8-/m1/s1. The van der Waals surface area contributed by atoms with E-state index in [0.717, 1.165) is 5.56 Å². The highest BCUT2D eigenvalue weighted by molar-refractivity contribution is 7.90. The smallest absolute Gasteiger partial charge is 0.320 e. The first-order valence-corrected chi connectivity index (χ1v) is 6.85. The molecule has 0 heterocycles. The zero-order valence-electron chi connectivity index (χ0n) is 10.1. The van der Waals surface area contributed by atoms with E-state index >= 15 is 0 Å². The van der Waals surface area contributed by atoms with E-state index in [0.29, 0.717) is 5.75 Å². The Morgan fingerprint density at radius 3 is 2.39 bits per heavy atom. The number of hydrogen-bond donors (Lipinski definition) is 2. The summed E-state index contributed by atoms with van der Waals surface area (Å²) in [5.74, 6) is -1.66. The van der Waals surface area contributed by atoms with Crippen LogP contribution in [0.3, 0.4) is 0 Å². The van der Waals surface area contributed by atoms with Gasteiger partial charge in [-0.15, -0.1) is 0 Å². The van der Waals surface area contributed by atoms with E-state index in [1.165, 1.54) is 7.11 Å². The number of aliphatic carboxylic acids is 1. The Morgan fingerprint density at radius 2 is 1.94 bits per heavy atom. The number of nitrogens with one attached hydrogen (secondary N) is 1. The molecule has 0 unspecified atom stereocenters. The number of ether oxygens (including phenoxy) is 1. The van der Waals surface area contributed by atoms with Gasteiger partial charge in [-0.3, -0.25) is 4.79 Å². The average molecular weight is 273 g/mol. The molecule has 0 saturated heterocycles. The lowest BCUT2D eigenvalue weighted by molar-refractivity contribution is -0.134. The summed E-state index contributed by atoms with van der Waals surface area (Å²) in [4.78, 5) is 10.4. The average Bonchev–Trinajstić information content (AvgIpc) is 2.26. The maximum atomic E-state index is 11.4. The SMILES string of the molecule is COc1ccc([C@@H](C)NS(=O)(=O)CC(=O)O)cc1. The van der Waals surface area contributed by atoms with Crippen LogP contribution in [0.2, 0.25) is 0 Å². The summed E-state index contributed by atoms with van der Waals surface area (Å²) in [6.07, 6.45) is 0. The van der Waals surface area contributed by atoms with Crippen LogP contribution < -0.4 is 9.46 Å². The van der Waals surface area contributed by atoms with E-state index in [4.69, 9.17) is 9.84 Å². The first-order valence-electron chi connectivity index (χ1n) is 5.20.